The molecule has 0 bridgehead atoms. The maximum Gasteiger partial charge on any atom is 0.325 e. The molecule has 0 aliphatic rings. The van der Waals surface area contributed by atoms with Crippen molar-refractivity contribution < 1.29 is 9.53 Å². The summed E-state index contributed by atoms with van der Waals surface area (Å²) >= 11 is 18.3. The lowest BCUT2D eigenvalue weighted by molar-refractivity contribution is 0.262. The fraction of sp³-hybridized carbons (Fsp3) is 0.111. The molecule has 2 N–H and O–H groups in total. The van der Waals surface area contributed by atoms with Crippen molar-refractivity contribution in [1.82, 2.24) is 9.78 Å². The first-order valence-electron chi connectivity index (χ1n) is 7.84. The van der Waals surface area contributed by atoms with E-state index in [0.717, 1.165) is 5.56 Å². The summed E-state index contributed by atoms with van der Waals surface area (Å²) in [6.07, 6.45) is 1.61. The lowest BCUT2D eigenvalue weighted by Crippen LogP contribution is -2.20. The Kier molecular flexibility index (Phi) is 6.11. The molecule has 0 radical (unpaired) electrons. The van der Waals surface area contributed by atoms with E-state index in [1.165, 1.54) is 7.11 Å². The van der Waals surface area contributed by atoms with Crippen LogP contribution in [0, 0.1) is 0 Å². The first-order valence-corrected chi connectivity index (χ1v) is 8.97. The van der Waals surface area contributed by atoms with Crippen LogP contribution in [0.25, 0.3) is 0 Å². The lowest BCUT2D eigenvalue weighted by atomic mass is 10.2. The highest BCUT2D eigenvalue weighted by Gasteiger charge is 2.13. The third kappa shape index (κ3) is 4.86. The number of ether oxygens (including phenoxy) is 1. The van der Waals surface area contributed by atoms with E-state index in [9.17, 15) is 4.79 Å². The summed E-state index contributed by atoms with van der Waals surface area (Å²) in [7, 11) is 1.50. The molecule has 2 aromatic carbocycles. The zero-order valence-corrected chi connectivity index (χ0v) is 16.4. The van der Waals surface area contributed by atoms with Crippen molar-refractivity contribution in [3.8, 4) is 5.75 Å². The van der Waals surface area contributed by atoms with Gasteiger partial charge in [0.2, 0.25) is 0 Å². The number of halogens is 3. The highest BCUT2D eigenvalue weighted by Crippen LogP contribution is 2.28. The van der Waals surface area contributed by atoms with E-state index in [0.29, 0.717) is 33.0 Å². The molecule has 6 nitrogen and oxygen atoms in total. The number of carbonyl (C=O) groups excluding carboxylic acids is 1. The number of nitrogens with one attached hydrogen (secondary N) is 2. The van der Waals surface area contributed by atoms with Crippen LogP contribution in [-0.4, -0.2) is 22.9 Å². The zero-order chi connectivity index (χ0) is 19.4. The van der Waals surface area contributed by atoms with Crippen molar-refractivity contribution in [2.24, 2.45) is 0 Å². The molecule has 0 saturated heterocycles. The van der Waals surface area contributed by atoms with Crippen molar-refractivity contribution in [2.45, 2.75) is 6.54 Å². The van der Waals surface area contributed by atoms with Gasteiger partial charge in [0.25, 0.3) is 0 Å². The first-order chi connectivity index (χ1) is 13.0. The molecule has 0 atom stereocenters. The average Bonchev–Trinajstić information content (AvgIpc) is 2.96. The maximum absolute atomic E-state index is 12.3. The van der Waals surface area contributed by atoms with Gasteiger partial charge in [0.15, 0.2) is 5.82 Å². The van der Waals surface area contributed by atoms with Gasteiger partial charge in [-0.3, -0.25) is 10.00 Å². The SMILES string of the molecule is COc1ccc(Cl)cc1NC(=O)Nc1nn(Cc2ccccc2Cl)cc1Cl. The number of aromatic nitrogens is 2. The van der Waals surface area contributed by atoms with Crippen LogP contribution in [0.5, 0.6) is 5.75 Å². The summed E-state index contributed by atoms with van der Waals surface area (Å²) in [4.78, 5) is 12.3. The Morgan fingerprint density at radius 2 is 1.89 bits per heavy atom. The van der Waals surface area contributed by atoms with Crippen molar-refractivity contribution in [3.05, 3.63) is 69.3 Å². The van der Waals surface area contributed by atoms with Gasteiger partial charge in [-0.25, -0.2) is 4.79 Å². The van der Waals surface area contributed by atoms with Gasteiger partial charge in [0.05, 0.1) is 19.3 Å². The number of methoxy groups -OCH3 is 1. The molecule has 2 amide bonds. The second kappa shape index (κ2) is 8.52. The predicted octanol–water partition coefficient (Wildman–Crippen LogP) is 5.54. The lowest BCUT2D eigenvalue weighted by Gasteiger charge is -2.10. The Morgan fingerprint density at radius 1 is 1.11 bits per heavy atom. The molecule has 3 aromatic rings. The Balaban J connectivity index is 1.71. The number of urea groups is 1. The van der Waals surface area contributed by atoms with E-state index >= 15 is 0 Å². The number of hydrogen-bond donors (Lipinski definition) is 2. The summed E-state index contributed by atoms with van der Waals surface area (Å²) in [6.45, 7) is 0.421. The van der Waals surface area contributed by atoms with E-state index in [1.54, 1.807) is 35.1 Å². The van der Waals surface area contributed by atoms with E-state index in [-0.39, 0.29) is 5.82 Å². The topological polar surface area (TPSA) is 68.2 Å². The van der Waals surface area contributed by atoms with Crippen LogP contribution in [-0.2, 0) is 6.54 Å². The molecule has 0 unspecified atom stereocenters. The van der Waals surface area contributed by atoms with Gasteiger partial charge >= 0.3 is 6.03 Å². The highest BCUT2D eigenvalue weighted by molar-refractivity contribution is 6.33. The minimum atomic E-state index is -0.527. The minimum absolute atomic E-state index is 0.224. The summed E-state index contributed by atoms with van der Waals surface area (Å²) in [5, 5.41) is 10.9. The molecule has 3 rings (SSSR count). The average molecular weight is 426 g/mol. The van der Waals surface area contributed by atoms with Gasteiger partial charge in [-0.15, -0.1) is 0 Å². The Hall–Kier alpha value is -2.41. The Bertz CT molecular complexity index is 975. The van der Waals surface area contributed by atoms with Crippen LogP contribution < -0.4 is 15.4 Å². The molecule has 0 fully saturated rings. The van der Waals surface area contributed by atoms with Crippen LogP contribution in [0.3, 0.4) is 0 Å². The standard InChI is InChI=1S/C18H15Cl3N4O2/c1-27-16-7-6-12(19)8-15(16)22-18(26)23-17-14(21)10-25(24-17)9-11-4-2-3-5-13(11)20/h2-8,10H,9H2,1H3,(H2,22,23,24,26). The van der Waals surface area contributed by atoms with E-state index in [4.69, 9.17) is 39.5 Å². The Morgan fingerprint density at radius 3 is 2.63 bits per heavy atom. The number of benzene rings is 2. The second-order valence-electron chi connectivity index (χ2n) is 5.54. The molecule has 0 saturated carbocycles. The number of hydrogen-bond acceptors (Lipinski definition) is 3. The van der Waals surface area contributed by atoms with Crippen LogP contribution >= 0.6 is 34.8 Å². The number of nitrogens with zero attached hydrogens (tertiary/aromatic N) is 2. The number of carbonyl (C=O) groups is 1. The molecule has 0 aliphatic carbocycles. The normalized spacial score (nSPS) is 10.5. The molecule has 1 heterocycles. The van der Waals surface area contributed by atoms with Crippen molar-refractivity contribution in [2.75, 3.05) is 17.7 Å². The van der Waals surface area contributed by atoms with E-state index in [2.05, 4.69) is 15.7 Å². The van der Waals surface area contributed by atoms with Gasteiger partial charge in [0, 0.05) is 16.2 Å². The van der Waals surface area contributed by atoms with Crippen LogP contribution in [0.2, 0.25) is 15.1 Å². The van der Waals surface area contributed by atoms with Gasteiger partial charge in [-0.2, -0.15) is 5.10 Å². The summed E-state index contributed by atoms with van der Waals surface area (Å²) in [5.74, 6) is 0.701. The van der Waals surface area contributed by atoms with Crippen molar-refractivity contribution >= 4 is 52.3 Å². The van der Waals surface area contributed by atoms with Gasteiger partial charge in [-0.05, 0) is 29.8 Å². The first kappa shape index (κ1) is 19.4. The van der Waals surface area contributed by atoms with Crippen LogP contribution in [0.15, 0.2) is 48.7 Å². The van der Waals surface area contributed by atoms with Crippen molar-refractivity contribution in [1.29, 1.82) is 0 Å². The number of amides is 2. The zero-order valence-electron chi connectivity index (χ0n) is 14.2. The third-order valence-electron chi connectivity index (χ3n) is 3.65. The number of anilines is 2. The largest absolute Gasteiger partial charge is 0.495 e. The number of rotatable bonds is 5. The molecule has 27 heavy (non-hydrogen) atoms. The summed E-state index contributed by atoms with van der Waals surface area (Å²) < 4.78 is 6.79. The molecular weight excluding hydrogens is 411 g/mol. The molecule has 140 valence electrons. The molecular formula is C18H15Cl3N4O2. The van der Waals surface area contributed by atoms with Gasteiger partial charge < -0.3 is 10.1 Å². The molecule has 0 aliphatic heterocycles. The molecule has 1 aromatic heterocycles. The van der Waals surface area contributed by atoms with Gasteiger partial charge in [0.1, 0.15) is 10.8 Å². The Labute approximate surface area is 171 Å². The fourth-order valence-electron chi connectivity index (χ4n) is 2.40. The smallest absolute Gasteiger partial charge is 0.325 e. The summed E-state index contributed by atoms with van der Waals surface area (Å²) in [5.41, 5.74) is 1.31. The third-order valence-corrected chi connectivity index (χ3v) is 4.53. The highest BCUT2D eigenvalue weighted by atomic mass is 35.5. The summed E-state index contributed by atoms with van der Waals surface area (Å²) in [6, 6.07) is 11.8. The molecule has 9 heteroatoms. The van der Waals surface area contributed by atoms with E-state index < -0.39 is 6.03 Å². The maximum atomic E-state index is 12.3. The fourth-order valence-corrected chi connectivity index (χ4v) is 2.97. The van der Waals surface area contributed by atoms with Crippen molar-refractivity contribution in [3.63, 3.8) is 0 Å². The van der Waals surface area contributed by atoms with Crippen LogP contribution in [0.1, 0.15) is 5.56 Å². The molecule has 0 spiro atoms. The minimum Gasteiger partial charge on any atom is -0.495 e. The van der Waals surface area contributed by atoms with Gasteiger partial charge in [-0.1, -0.05) is 53.0 Å². The monoisotopic (exact) mass is 424 g/mol. The predicted molar refractivity (Wildman–Crippen MR) is 108 cm³/mol. The quantitative estimate of drug-likeness (QED) is 0.563. The second-order valence-corrected chi connectivity index (χ2v) is 6.79. The van der Waals surface area contributed by atoms with E-state index in [1.807, 2.05) is 18.2 Å². The van der Waals surface area contributed by atoms with Crippen LogP contribution in [0.4, 0.5) is 16.3 Å².